The normalized spacial score (nSPS) is 24.9. The first kappa shape index (κ1) is 11.5. The van der Waals surface area contributed by atoms with Gasteiger partial charge in [-0.3, -0.25) is 4.68 Å². The van der Waals surface area contributed by atoms with Crippen LogP contribution in [0.25, 0.3) is 0 Å². The fourth-order valence-electron chi connectivity index (χ4n) is 2.91. The minimum absolute atomic E-state index is 0.592. The number of rotatable bonds is 4. The Morgan fingerprint density at radius 1 is 1.56 bits per heavy atom. The molecule has 4 nitrogen and oxygen atoms in total. The highest BCUT2D eigenvalue weighted by Gasteiger charge is 2.32. The van der Waals surface area contributed by atoms with Crippen LogP contribution in [0.2, 0.25) is 0 Å². The first-order chi connectivity index (χ1) is 7.77. The highest BCUT2D eigenvalue weighted by Crippen LogP contribution is 2.42. The Bertz CT molecular complexity index is 348. The first-order valence-electron chi connectivity index (χ1n) is 5.98. The van der Waals surface area contributed by atoms with Gasteiger partial charge in [0.15, 0.2) is 5.75 Å². The van der Waals surface area contributed by atoms with Gasteiger partial charge in [-0.2, -0.15) is 5.10 Å². The third-order valence-corrected chi connectivity index (χ3v) is 3.65. The van der Waals surface area contributed by atoms with Crippen LogP contribution < -0.4 is 10.1 Å². The predicted octanol–water partition coefficient (Wildman–Crippen LogP) is 1.53. The number of methoxy groups -OCH3 is 1. The van der Waals surface area contributed by atoms with Gasteiger partial charge in [0.2, 0.25) is 0 Å². The van der Waals surface area contributed by atoms with Crippen molar-refractivity contribution in [1.29, 1.82) is 0 Å². The molecule has 1 heterocycles. The van der Waals surface area contributed by atoms with Crippen molar-refractivity contribution < 1.29 is 4.74 Å². The van der Waals surface area contributed by atoms with E-state index in [9.17, 15) is 0 Å². The number of ether oxygens (including phenoxy) is 1. The summed E-state index contributed by atoms with van der Waals surface area (Å²) < 4.78 is 7.37. The van der Waals surface area contributed by atoms with Crippen LogP contribution >= 0.6 is 0 Å². The summed E-state index contributed by atoms with van der Waals surface area (Å²) in [6.07, 6.45) is 5.69. The summed E-state index contributed by atoms with van der Waals surface area (Å²) in [4.78, 5) is 0. The van der Waals surface area contributed by atoms with E-state index in [0.717, 1.165) is 12.3 Å². The summed E-state index contributed by atoms with van der Waals surface area (Å²) in [6.45, 7) is 1.08. The van der Waals surface area contributed by atoms with Gasteiger partial charge >= 0.3 is 0 Å². The van der Waals surface area contributed by atoms with E-state index >= 15 is 0 Å². The molecule has 1 aliphatic rings. The molecule has 16 heavy (non-hydrogen) atoms. The van der Waals surface area contributed by atoms with Gasteiger partial charge in [0, 0.05) is 13.0 Å². The van der Waals surface area contributed by atoms with Gasteiger partial charge in [0.1, 0.15) is 0 Å². The molecule has 1 aliphatic carbocycles. The number of aromatic nitrogens is 2. The van der Waals surface area contributed by atoms with Crippen LogP contribution in [-0.2, 0) is 7.05 Å². The summed E-state index contributed by atoms with van der Waals surface area (Å²) in [5.41, 5.74) is 1.26. The molecule has 0 bridgehead atoms. The molecule has 2 rings (SSSR count). The number of aryl methyl sites for hydroxylation is 1. The van der Waals surface area contributed by atoms with Gasteiger partial charge in [-0.25, -0.2) is 0 Å². The van der Waals surface area contributed by atoms with Crippen LogP contribution in [0.4, 0.5) is 0 Å². The summed E-state index contributed by atoms with van der Waals surface area (Å²) in [5.74, 6) is 2.25. The monoisotopic (exact) mass is 223 g/mol. The molecule has 2 unspecified atom stereocenters. The lowest BCUT2D eigenvalue weighted by atomic mass is 9.92. The highest BCUT2D eigenvalue weighted by atomic mass is 16.5. The molecule has 1 fully saturated rings. The lowest BCUT2D eigenvalue weighted by Crippen LogP contribution is -2.22. The SMILES string of the molecule is CNCC1CCCC1c1c(OC)cnn1C. The maximum Gasteiger partial charge on any atom is 0.160 e. The zero-order chi connectivity index (χ0) is 11.5. The molecule has 1 saturated carbocycles. The Balaban J connectivity index is 2.24. The molecule has 0 spiro atoms. The molecule has 0 amide bonds. The Morgan fingerprint density at radius 3 is 3.06 bits per heavy atom. The Morgan fingerprint density at radius 2 is 2.38 bits per heavy atom. The van der Waals surface area contributed by atoms with E-state index in [1.165, 1.54) is 25.0 Å². The maximum absolute atomic E-state index is 5.40. The van der Waals surface area contributed by atoms with Crippen LogP contribution in [0.15, 0.2) is 6.20 Å². The van der Waals surface area contributed by atoms with Crippen LogP contribution in [0.1, 0.15) is 30.9 Å². The van der Waals surface area contributed by atoms with E-state index in [0.29, 0.717) is 11.8 Å². The van der Waals surface area contributed by atoms with Gasteiger partial charge in [0.05, 0.1) is 19.0 Å². The van der Waals surface area contributed by atoms with E-state index in [1.807, 2.05) is 25.0 Å². The molecule has 0 saturated heterocycles. The second kappa shape index (κ2) is 4.87. The molecule has 1 aromatic heterocycles. The lowest BCUT2D eigenvalue weighted by Gasteiger charge is -2.20. The highest BCUT2D eigenvalue weighted by molar-refractivity contribution is 5.30. The zero-order valence-corrected chi connectivity index (χ0v) is 10.4. The molecule has 90 valence electrons. The maximum atomic E-state index is 5.40. The molecule has 2 atom stereocenters. The second-order valence-electron chi connectivity index (χ2n) is 4.58. The van der Waals surface area contributed by atoms with Crippen molar-refractivity contribution >= 4 is 0 Å². The van der Waals surface area contributed by atoms with E-state index in [1.54, 1.807) is 7.11 Å². The largest absolute Gasteiger partial charge is 0.493 e. The number of hydrogen-bond donors (Lipinski definition) is 1. The predicted molar refractivity (Wildman–Crippen MR) is 63.8 cm³/mol. The van der Waals surface area contributed by atoms with Crippen LogP contribution in [-0.4, -0.2) is 30.5 Å². The van der Waals surface area contributed by atoms with Crippen molar-refractivity contribution in [3.05, 3.63) is 11.9 Å². The van der Waals surface area contributed by atoms with E-state index < -0.39 is 0 Å². The molecular formula is C12H21N3O. The van der Waals surface area contributed by atoms with Crippen molar-refractivity contribution in [2.45, 2.75) is 25.2 Å². The van der Waals surface area contributed by atoms with Crippen molar-refractivity contribution in [2.75, 3.05) is 20.7 Å². The number of hydrogen-bond acceptors (Lipinski definition) is 3. The Kier molecular flexibility index (Phi) is 3.49. The van der Waals surface area contributed by atoms with Crippen molar-refractivity contribution in [2.24, 2.45) is 13.0 Å². The van der Waals surface area contributed by atoms with Crippen molar-refractivity contribution in [1.82, 2.24) is 15.1 Å². The van der Waals surface area contributed by atoms with E-state index in [4.69, 9.17) is 4.74 Å². The molecule has 1 aromatic rings. The molecule has 0 aliphatic heterocycles. The lowest BCUT2D eigenvalue weighted by molar-refractivity contribution is 0.385. The summed E-state index contributed by atoms with van der Waals surface area (Å²) in [6, 6.07) is 0. The van der Waals surface area contributed by atoms with Crippen LogP contribution in [0.3, 0.4) is 0 Å². The van der Waals surface area contributed by atoms with Gasteiger partial charge in [-0.05, 0) is 32.4 Å². The quantitative estimate of drug-likeness (QED) is 0.841. The summed E-state index contributed by atoms with van der Waals surface area (Å²) in [7, 11) is 5.75. The van der Waals surface area contributed by atoms with Gasteiger partial charge in [-0.1, -0.05) is 6.42 Å². The number of nitrogens with one attached hydrogen (secondary N) is 1. The van der Waals surface area contributed by atoms with Crippen molar-refractivity contribution in [3.63, 3.8) is 0 Å². The minimum atomic E-state index is 0.592. The van der Waals surface area contributed by atoms with Crippen molar-refractivity contribution in [3.8, 4) is 5.75 Å². The second-order valence-corrected chi connectivity index (χ2v) is 4.58. The summed E-state index contributed by atoms with van der Waals surface area (Å²) >= 11 is 0. The third kappa shape index (κ3) is 1.94. The smallest absolute Gasteiger partial charge is 0.160 e. The first-order valence-corrected chi connectivity index (χ1v) is 5.98. The Hall–Kier alpha value is -1.03. The Labute approximate surface area is 97.0 Å². The molecule has 0 radical (unpaired) electrons. The topological polar surface area (TPSA) is 39.1 Å². The average molecular weight is 223 g/mol. The molecule has 0 aromatic carbocycles. The van der Waals surface area contributed by atoms with Gasteiger partial charge in [-0.15, -0.1) is 0 Å². The number of nitrogens with zero attached hydrogens (tertiary/aromatic N) is 2. The van der Waals surface area contributed by atoms with Gasteiger partial charge < -0.3 is 10.1 Å². The van der Waals surface area contributed by atoms with E-state index in [-0.39, 0.29) is 0 Å². The van der Waals surface area contributed by atoms with Crippen LogP contribution in [0.5, 0.6) is 5.75 Å². The average Bonchev–Trinajstić information content (AvgIpc) is 2.85. The van der Waals surface area contributed by atoms with Gasteiger partial charge in [0.25, 0.3) is 0 Å². The molecule has 1 N–H and O–H groups in total. The van der Waals surface area contributed by atoms with Crippen LogP contribution in [0, 0.1) is 5.92 Å². The fraction of sp³-hybridized carbons (Fsp3) is 0.750. The molecular weight excluding hydrogens is 202 g/mol. The zero-order valence-electron chi connectivity index (χ0n) is 10.4. The van der Waals surface area contributed by atoms with E-state index in [2.05, 4.69) is 10.4 Å². The third-order valence-electron chi connectivity index (χ3n) is 3.65. The molecule has 4 heteroatoms. The minimum Gasteiger partial charge on any atom is -0.493 e. The fourth-order valence-corrected chi connectivity index (χ4v) is 2.91. The standard InChI is InChI=1S/C12H21N3O/c1-13-7-9-5-4-6-10(9)12-11(16-3)8-14-15(12)2/h8-10,13H,4-7H2,1-3H3. The summed E-state index contributed by atoms with van der Waals surface area (Å²) in [5, 5.41) is 7.59.